The molecule has 0 aromatic carbocycles. The second-order valence-corrected chi connectivity index (χ2v) is 3.07. The summed E-state index contributed by atoms with van der Waals surface area (Å²) in [5.41, 5.74) is 2.80. The van der Waals surface area contributed by atoms with Crippen LogP contribution in [0.25, 0.3) is 0 Å². The van der Waals surface area contributed by atoms with E-state index in [1.807, 2.05) is 27.7 Å². The maximum absolute atomic E-state index is 2.21. The molecule has 0 N–H and O–H groups in total. The predicted molar refractivity (Wildman–Crippen MR) is 78.6 cm³/mol. The average Bonchev–Trinajstić information content (AvgIpc) is 2.35. The third-order valence-corrected chi connectivity index (χ3v) is 2.12. The van der Waals surface area contributed by atoms with Crippen LogP contribution < -0.4 is 0 Å². The first-order valence-corrected chi connectivity index (χ1v) is 6.71. The van der Waals surface area contributed by atoms with Crippen molar-refractivity contribution in [2.75, 3.05) is 7.05 Å². The summed E-state index contributed by atoms with van der Waals surface area (Å²) in [4.78, 5) is 2.21. The molecule has 0 heterocycles. The highest BCUT2D eigenvalue weighted by Gasteiger charge is 1.96. The Morgan fingerprint density at radius 1 is 1.00 bits per heavy atom. The summed E-state index contributed by atoms with van der Waals surface area (Å²) in [5, 5.41) is 0. The van der Waals surface area contributed by atoms with Crippen LogP contribution in [-0.2, 0) is 0 Å². The highest BCUT2D eigenvalue weighted by Crippen LogP contribution is 2.09. The summed E-state index contributed by atoms with van der Waals surface area (Å²) in [7, 11) is 2.11. The summed E-state index contributed by atoms with van der Waals surface area (Å²) < 4.78 is 0. The van der Waals surface area contributed by atoms with E-state index in [1.54, 1.807) is 0 Å². The fraction of sp³-hybridized carbons (Fsp3) is 0.733. The van der Waals surface area contributed by atoms with Gasteiger partial charge in [0.15, 0.2) is 0 Å². The van der Waals surface area contributed by atoms with Gasteiger partial charge in [-0.3, -0.25) is 0 Å². The molecule has 0 aliphatic heterocycles. The van der Waals surface area contributed by atoms with Crippen LogP contribution in [0.3, 0.4) is 0 Å². The number of hydrogen-bond donors (Lipinski definition) is 0. The third kappa shape index (κ3) is 11.4. The van der Waals surface area contributed by atoms with Gasteiger partial charge in [-0.25, -0.2) is 0 Å². The van der Waals surface area contributed by atoms with Crippen molar-refractivity contribution >= 4 is 0 Å². The largest absolute Gasteiger partial charge is 0.355 e. The zero-order valence-corrected chi connectivity index (χ0v) is 13.0. The summed E-state index contributed by atoms with van der Waals surface area (Å²) in [6.45, 7) is 16.6. The molecular formula is C15H33N. The molecule has 0 atom stereocenters. The Morgan fingerprint density at radius 2 is 1.44 bits per heavy atom. The topological polar surface area (TPSA) is 3.24 Å². The molecule has 1 nitrogen and oxygen atoms in total. The molecule has 0 aliphatic rings. The van der Waals surface area contributed by atoms with Gasteiger partial charge in [0.25, 0.3) is 0 Å². The normalized spacial score (nSPS) is 10.8. The lowest BCUT2D eigenvalue weighted by Gasteiger charge is -2.17. The highest BCUT2D eigenvalue weighted by molar-refractivity contribution is 5.06. The summed E-state index contributed by atoms with van der Waals surface area (Å²) in [6, 6.07) is 0. The molecule has 16 heavy (non-hydrogen) atoms. The second-order valence-electron chi connectivity index (χ2n) is 3.07. The van der Waals surface area contributed by atoms with Crippen LogP contribution in [-0.4, -0.2) is 11.9 Å². The third-order valence-electron chi connectivity index (χ3n) is 2.12. The molecule has 0 bridgehead atoms. The molecule has 0 aromatic rings. The van der Waals surface area contributed by atoms with Crippen molar-refractivity contribution in [3.63, 3.8) is 0 Å². The van der Waals surface area contributed by atoms with Gasteiger partial charge in [0.2, 0.25) is 0 Å². The van der Waals surface area contributed by atoms with E-state index in [-0.39, 0.29) is 0 Å². The van der Waals surface area contributed by atoms with E-state index in [9.17, 15) is 0 Å². The predicted octanol–water partition coefficient (Wildman–Crippen LogP) is 5.60. The Morgan fingerprint density at radius 3 is 1.69 bits per heavy atom. The van der Waals surface area contributed by atoms with Crippen LogP contribution in [0.1, 0.15) is 68.2 Å². The Labute approximate surface area is 104 Å². The smallest absolute Gasteiger partial charge is 0.0125 e. The second kappa shape index (κ2) is 16.7. The van der Waals surface area contributed by atoms with E-state index in [1.165, 1.54) is 11.3 Å². The van der Waals surface area contributed by atoms with Gasteiger partial charge in [0, 0.05) is 18.9 Å². The SMILES string of the molecule is C/C=C(/CC)N(C)C=C(C)CC.CC.CC. The Hall–Kier alpha value is -0.720. The first-order valence-electron chi connectivity index (χ1n) is 6.71. The zero-order valence-electron chi connectivity index (χ0n) is 13.0. The lowest BCUT2D eigenvalue weighted by molar-refractivity contribution is 0.538. The van der Waals surface area contributed by atoms with Gasteiger partial charge in [-0.2, -0.15) is 0 Å². The molecule has 0 saturated carbocycles. The van der Waals surface area contributed by atoms with Crippen molar-refractivity contribution in [2.24, 2.45) is 0 Å². The molecule has 0 spiro atoms. The molecule has 0 aliphatic carbocycles. The molecule has 0 fully saturated rings. The van der Waals surface area contributed by atoms with Crippen LogP contribution in [0.2, 0.25) is 0 Å². The van der Waals surface area contributed by atoms with Crippen molar-refractivity contribution in [1.29, 1.82) is 0 Å². The van der Waals surface area contributed by atoms with Crippen molar-refractivity contribution in [3.8, 4) is 0 Å². The van der Waals surface area contributed by atoms with Gasteiger partial charge < -0.3 is 4.90 Å². The van der Waals surface area contributed by atoms with Crippen LogP contribution in [0, 0.1) is 0 Å². The molecule has 98 valence electrons. The molecule has 0 amide bonds. The first-order chi connectivity index (χ1) is 7.65. The molecule has 0 unspecified atom stereocenters. The van der Waals surface area contributed by atoms with E-state index in [2.05, 4.69) is 51.9 Å². The number of nitrogens with zero attached hydrogens (tertiary/aromatic N) is 1. The van der Waals surface area contributed by atoms with E-state index in [0.717, 1.165) is 12.8 Å². The van der Waals surface area contributed by atoms with E-state index in [4.69, 9.17) is 0 Å². The average molecular weight is 227 g/mol. The van der Waals surface area contributed by atoms with Gasteiger partial charge in [-0.1, -0.05) is 53.2 Å². The zero-order chi connectivity index (χ0) is 13.6. The van der Waals surface area contributed by atoms with Crippen LogP contribution >= 0.6 is 0 Å². The summed E-state index contributed by atoms with van der Waals surface area (Å²) >= 11 is 0. The first kappa shape index (κ1) is 20.7. The minimum absolute atomic E-state index is 1.10. The van der Waals surface area contributed by atoms with E-state index in [0.29, 0.717) is 0 Å². The van der Waals surface area contributed by atoms with Crippen molar-refractivity contribution in [2.45, 2.75) is 68.2 Å². The van der Waals surface area contributed by atoms with E-state index < -0.39 is 0 Å². The minimum Gasteiger partial charge on any atom is -0.355 e. The summed E-state index contributed by atoms with van der Waals surface area (Å²) in [5.74, 6) is 0. The van der Waals surface area contributed by atoms with Gasteiger partial charge in [0.1, 0.15) is 0 Å². The van der Waals surface area contributed by atoms with Gasteiger partial charge in [-0.15, -0.1) is 0 Å². The lowest BCUT2D eigenvalue weighted by atomic mass is 10.2. The summed E-state index contributed by atoms with van der Waals surface area (Å²) in [6.07, 6.45) is 6.60. The Bertz CT molecular complexity index is 178. The quantitative estimate of drug-likeness (QED) is 0.604. The molecule has 0 saturated heterocycles. The van der Waals surface area contributed by atoms with Crippen molar-refractivity contribution in [3.05, 3.63) is 23.5 Å². The molecular weight excluding hydrogens is 194 g/mol. The van der Waals surface area contributed by atoms with Crippen molar-refractivity contribution in [1.82, 2.24) is 4.90 Å². The molecule has 0 rings (SSSR count). The van der Waals surface area contributed by atoms with Crippen LogP contribution in [0.15, 0.2) is 23.5 Å². The fourth-order valence-corrected chi connectivity index (χ4v) is 1.16. The highest BCUT2D eigenvalue weighted by atomic mass is 15.1. The fourth-order valence-electron chi connectivity index (χ4n) is 1.16. The van der Waals surface area contributed by atoms with Crippen LogP contribution in [0.4, 0.5) is 0 Å². The minimum atomic E-state index is 1.10. The van der Waals surface area contributed by atoms with Gasteiger partial charge in [0.05, 0.1) is 0 Å². The Kier molecular flexibility index (Phi) is 21.6. The maximum Gasteiger partial charge on any atom is 0.0125 e. The monoisotopic (exact) mass is 227 g/mol. The standard InChI is InChI=1S/C11H21N.2C2H6/c1-6-10(4)9-12(5)11(7-2)8-3;2*1-2/h7,9H,6,8H2,1-5H3;2*1-2H3/b10-9?,11-7-;;. The van der Waals surface area contributed by atoms with Gasteiger partial charge in [-0.05, 0) is 26.7 Å². The number of rotatable bonds is 4. The maximum atomic E-state index is 2.21. The lowest BCUT2D eigenvalue weighted by Crippen LogP contribution is -2.09. The molecule has 0 radical (unpaired) electrons. The number of allylic oxidation sites excluding steroid dienone is 3. The van der Waals surface area contributed by atoms with E-state index >= 15 is 0 Å². The molecule has 0 aromatic heterocycles. The van der Waals surface area contributed by atoms with Gasteiger partial charge >= 0.3 is 0 Å². The van der Waals surface area contributed by atoms with Crippen molar-refractivity contribution < 1.29 is 0 Å². The number of hydrogen-bond acceptors (Lipinski definition) is 1. The molecule has 1 heteroatoms. The van der Waals surface area contributed by atoms with Crippen LogP contribution in [0.5, 0.6) is 0 Å². The Balaban J connectivity index is -0.000000376.